The third-order valence-corrected chi connectivity index (χ3v) is 5.33. The number of nitrogens with zero attached hydrogens (tertiary/aromatic N) is 2. The second kappa shape index (κ2) is 8.63. The lowest BCUT2D eigenvalue weighted by Gasteiger charge is -2.39. The van der Waals surface area contributed by atoms with E-state index in [0.29, 0.717) is 35.8 Å². The van der Waals surface area contributed by atoms with Crippen molar-refractivity contribution in [3.8, 4) is 0 Å². The minimum absolute atomic E-state index is 0.0927. The molecular formula is C21H22ClFN2O2. The van der Waals surface area contributed by atoms with Gasteiger partial charge in [-0.15, -0.1) is 0 Å². The Bertz CT molecular complexity index is 842. The number of rotatable bonds is 5. The average Bonchev–Trinajstić information content (AvgIpc) is 2.67. The maximum Gasteiger partial charge on any atom is 0.223 e. The maximum atomic E-state index is 14.2. The highest BCUT2D eigenvalue weighted by molar-refractivity contribution is 6.34. The van der Waals surface area contributed by atoms with Crippen LogP contribution >= 0.6 is 11.6 Å². The molecule has 0 saturated carbocycles. The van der Waals surface area contributed by atoms with Crippen molar-refractivity contribution in [2.45, 2.75) is 18.9 Å². The number of likely N-dealkylation sites (N-methyl/N-ethyl adjacent to an activating group) is 1. The molecule has 142 valence electrons. The standard InChI is InChI=1S/C21H22ClFN2O2/c1-24-12-13-25(14-19(24)16-7-3-5-9-18(16)23)21(27)11-10-20(26)15-6-2-4-8-17(15)22/h2-9,19H,10-14H2,1H3. The highest BCUT2D eigenvalue weighted by Crippen LogP contribution is 2.26. The summed E-state index contributed by atoms with van der Waals surface area (Å²) in [5, 5.41) is 0.397. The Morgan fingerprint density at radius 2 is 1.78 bits per heavy atom. The molecule has 6 heteroatoms. The number of Topliss-reactive ketones (excluding diaryl/α,β-unsaturated/α-hetero) is 1. The first-order valence-electron chi connectivity index (χ1n) is 8.97. The Morgan fingerprint density at radius 3 is 2.52 bits per heavy atom. The van der Waals surface area contributed by atoms with E-state index < -0.39 is 0 Å². The SMILES string of the molecule is CN1CCN(C(=O)CCC(=O)c2ccccc2Cl)CC1c1ccccc1F. The molecule has 1 heterocycles. The largest absolute Gasteiger partial charge is 0.339 e. The molecule has 0 aliphatic carbocycles. The summed E-state index contributed by atoms with van der Waals surface area (Å²) >= 11 is 6.04. The molecule has 1 aliphatic heterocycles. The van der Waals surface area contributed by atoms with E-state index in [0.717, 1.165) is 0 Å². The Kier molecular flexibility index (Phi) is 6.24. The van der Waals surface area contributed by atoms with Crippen molar-refractivity contribution in [2.75, 3.05) is 26.7 Å². The predicted octanol–water partition coefficient (Wildman–Crippen LogP) is 3.96. The van der Waals surface area contributed by atoms with E-state index in [-0.39, 0.29) is 36.4 Å². The van der Waals surface area contributed by atoms with Gasteiger partial charge in [0.2, 0.25) is 5.91 Å². The summed E-state index contributed by atoms with van der Waals surface area (Å²) in [5.41, 5.74) is 1.03. The number of hydrogen-bond donors (Lipinski definition) is 0. The highest BCUT2D eigenvalue weighted by atomic mass is 35.5. The molecule has 1 aliphatic rings. The third-order valence-electron chi connectivity index (χ3n) is 5.01. The molecule has 0 radical (unpaired) electrons. The topological polar surface area (TPSA) is 40.6 Å². The van der Waals surface area contributed by atoms with E-state index in [2.05, 4.69) is 4.90 Å². The fraction of sp³-hybridized carbons (Fsp3) is 0.333. The van der Waals surface area contributed by atoms with Crippen LogP contribution < -0.4 is 0 Å². The van der Waals surface area contributed by atoms with Crippen LogP contribution in [0.1, 0.15) is 34.8 Å². The summed E-state index contributed by atoms with van der Waals surface area (Å²) in [6.07, 6.45) is 0.233. The second-order valence-corrected chi connectivity index (χ2v) is 7.17. The summed E-state index contributed by atoms with van der Waals surface area (Å²) in [4.78, 5) is 28.7. The monoisotopic (exact) mass is 388 g/mol. The molecule has 0 spiro atoms. The van der Waals surface area contributed by atoms with Gasteiger partial charge in [0.25, 0.3) is 0 Å². The van der Waals surface area contributed by atoms with E-state index in [1.165, 1.54) is 6.07 Å². The van der Waals surface area contributed by atoms with Gasteiger partial charge in [0.05, 0.1) is 11.1 Å². The Hall–Kier alpha value is -2.24. The number of amides is 1. The van der Waals surface area contributed by atoms with Crippen LogP contribution in [0.25, 0.3) is 0 Å². The Balaban J connectivity index is 1.62. The van der Waals surface area contributed by atoms with Crippen LogP contribution in [-0.4, -0.2) is 48.2 Å². The van der Waals surface area contributed by atoms with Crippen molar-refractivity contribution in [1.29, 1.82) is 0 Å². The molecule has 0 aromatic heterocycles. The highest BCUT2D eigenvalue weighted by Gasteiger charge is 2.30. The van der Waals surface area contributed by atoms with Gasteiger partial charge < -0.3 is 4.90 Å². The molecule has 1 fully saturated rings. The quantitative estimate of drug-likeness (QED) is 0.728. The van der Waals surface area contributed by atoms with Gasteiger partial charge in [0, 0.05) is 43.6 Å². The van der Waals surface area contributed by atoms with Gasteiger partial charge in [0.15, 0.2) is 5.78 Å². The maximum absolute atomic E-state index is 14.2. The summed E-state index contributed by atoms with van der Waals surface area (Å²) in [7, 11) is 1.93. The number of piperazine rings is 1. The van der Waals surface area contributed by atoms with Crippen LogP contribution in [0.2, 0.25) is 5.02 Å². The van der Waals surface area contributed by atoms with Crippen LogP contribution in [0.5, 0.6) is 0 Å². The average molecular weight is 389 g/mol. The van der Waals surface area contributed by atoms with Crippen LogP contribution in [-0.2, 0) is 4.79 Å². The minimum atomic E-state index is -0.266. The van der Waals surface area contributed by atoms with Crippen molar-refractivity contribution in [3.63, 3.8) is 0 Å². The van der Waals surface area contributed by atoms with E-state index in [9.17, 15) is 14.0 Å². The number of halogens is 2. The number of hydrogen-bond acceptors (Lipinski definition) is 3. The van der Waals surface area contributed by atoms with Crippen molar-refractivity contribution >= 4 is 23.3 Å². The van der Waals surface area contributed by atoms with Gasteiger partial charge in [-0.25, -0.2) is 4.39 Å². The summed E-state index contributed by atoms with van der Waals surface area (Å²) in [6.45, 7) is 1.64. The number of carbonyl (C=O) groups excluding carboxylic acids is 2. The lowest BCUT2D eigenvalue weighted by molar-refractivity contribution is -0.134. The van der Waals surface area contributed by atoms with Gasteiger partial charge in [-0.2, -0.15) is 0 Å². The first-order chi connectivity index (χ1) is 13.0. The molecule has 1 amide bonds. The molecule has 4 nitrogen and oxygen atoms in total. The normalized spacial score (nSPS) is 17.7. The van der Waals surface area contributed by atoms with Gasteiger partial charge in [-0.05, 0) is 25.2 Å². The Labute approximate surface area is 163 Å². The summed E-state index contributed by atoms with van der Waals surface area (Å²) in [5.74, 6) is -0.504. The minimum Gasteiger partial charge on any atom is -0.339 e. The first-order valence-corrected chi connectivity index (χ1v) is 9.35. The van der Waals surface area contributed by atoms with E-state index in [1.807, 2.05) is 7.05 Å². The van der Waals surface area contributed by atoms with Gasteiger partial charge in [-0.3, -0.25) is 14.5 Å². The molecule has 0 bridgehead atoms. The van der Waals surface area contributed by atoms with Gasteiger partial charge in [0.1, 0.15) is 5.82 Å². The van der Waals surface area contributed by atoms with E-state index >= 15 is 0 Å². The number of carbonyl (C=O) groups is 2. The summed E-state index contributed by atoms with van der Waals surface area (Å²) < 4.78 is 14.2. The fourth-order valence-electron chi connectivity index (χ4n) is 3.38. The molecule has 2 aromatic rings. The molecule has 1 unspecified atom stereocenters. The van der Waals surface area contributed by atoms with Crippen LogP contribution in [0.4, 0.5) is 4.39 Å². The smallest absolute Gasteiger partial charge is 0.223 e. The van der Waals surface area contributed by atoms with E-state index in [1.54, 1.807) is 47.4 Å². The summed E-state index contributed by atoms with van der Waals surface area (Å²) in [6, 6.07) is 13.3. The van der Waals surface area contributed by atoms with Gasteiger partial charge in [-0.1, -0.05) is 41.9 Å². The number of ketones is 1. The van der Waals surface area contributed by atoms with Crippen LogP contribution in [0, 0.1) is 5.82 Å². The Morgan fingerprint density at radius 1 is 1.07 bits per heavy atom. The molecule has 2 aromatic carbocycles. The lowest BCUT2D eigenvalue weighted by atomic mass is 10.0. The molecule has 0 N–H and O–H groups in total. The lowest BCUT2D eigenvalue weighted by Crippen LogP contribution is -2.49. The zero-order chi connectivity index (χ0) is 19.4. The first kappa shape index (κ1) is 19.5. The predicted molar refractivity (Wildman–Crippen MR) is 103 cm³/mol. The molecule has 1 saturated heterocycles. The van der Waals surface area contributed by atoms with Crippen molar-refractivity contribution in [3.05, 3.63) is 70.5 Å². The zero-order valence-corrected chi connectivity index (χ0v) is 16.0. The number of benzene rings is 2. The second-order valence-electron chi connectivity index (χ2n) is 6.76. The third kappa shape index (κ3) is 4.54. The van der Waals surface area contributed by atoms with Crippen molar-refractivity contribution in [1.82, 2.24) is 9.80 Å². The zero-order valence-electron chi connectivity index (χ0n) is 15.2. The van der Waals surface area contributed by atoms with Gasteiger partial charge >= 0.3 is 0 Å². The van der Waals surface area contributed by atoms with Crippen molar-refractivity contribution in [2.24, 2.45) is 0 Å². The fourth-order valence-corrected chi connectivity index (χ4v) is 3.62. The van der Waals surface area contributed by atoms with E-state index in [4.69, 9.17) is 11.6 Å². The van der Waals surface area contributed by atoms with Crippen molar-refractivity contribution < 1.29 is 14.0 Å². The molecule has 27 heavy (non-hydrogen) atoms. The molecule has 3 rings (SSSR count). The van der Waals surface area contributed by atoms with Crippen LogP contribution in [0.15, 0.2) is 48.5 Å². The van der Waals surface area contributed by atoms with Crippen LogP contribution in [0.3, 0.4) is 0 Å². The molecular weight excluding hydrogens is 367 g/mol. The molecule has 1 atom stereocenters.